The Kier molecular flexibility index (Phi) is 8.71. The van der Waals surface area contributed by atoms with Crippen LogP contribution in [-0.2, 0) is 17.7 Å². The Bertz CT molecular complexity index is 416. The summed E-state index contributed by atoms with van der Waals surface area (Å²) in [5.41, 5.74) is 1.31. The molecule has 0 spiro atoms. The van der Waals surface area contributed by atoms with Gasteiger partial charge in [0.15, 0.2) is 5.69 Å². The lowest BCUT2D eigenvalue weighted by molar-refractivity contribution is 0.0518. The van der Waals surface area contributed by atoms with Crippen molar-refractivity contribution in [1.29, 1.82) is 0 Å². The normalized spacial score (nSPS) is 10.8. The molecule has 1 aromatic rings. The minimum absolute atomic E-state index is 0.352. The Balaban J connectivity index is 2.54. The van der Waals surface area contributed by atoms with E-state index in [-0.39, 0.29) is 5.97 Å². The molecule has 120 valence electrons. The fraction of sp³-hybridized carbons (Fsp3) is 0.812. The number of hydrogen-bond acceptors (Lipinski definition) is 4. The molecule has 0 aliphatic carbocycles. The van der Waals surface area contributed by atoms with Crippen LogP contribution in [0.25, 0.3) is 0 Å². The van der Waals surface area contributed by atoms with Gasteiger partial charge in [-0.2, -0.15) is 0 Å². The number of carbonyl (C=O) groups excluding carboxylic acids is 1. The van der Waals surface area contributed by atoms with E-state index in [9.17, 15) is 4.79 Å². The lowest BCUT2D eigenvalue weighted by Gasteiger charge is -2.07. The molecule has 0 aliphatic heterocycles. The third kappa shape index (κ3) is 5.86. The molecule has 0 aliphatic rings. The van der Waals surface area contributed by atoms with Gasteiger partial charge in [0.05, 0.1) is 12.3 Å². The zero-order valence-corrected chi connectivity index (χ0v) is 13.7. The minimum atomic E-state index is -0.352. The Morgan fingerprint density at radius 3 is 2.43 bits per heavy atom. The van der Waals surface area contributed by atoms with E-state index in [1.165, 1.54) is 32.1 Å². The summed E-state index contributed by atoms with van der Waals surface area (Å²) >= 11 is 0. The van der Waals surface area contributed by atoms with E-state index in [1.54, 1.807) is 6.92 Å². The fourth-order valence-electron chi connectivity index (χ4n) is 2.40. The third-order valence-electron chi connectivity index (χ3n) is 3.52. The number of esters is 1. The maximum atomic E-state index is 11.9. The number of aryl methyl sites for hydroxylation is 1. The van der Waals surface area contributed by atoms with E-state index < -0.39 is 0 Å². The first-order valence-electron chi connectivity index (χ1n) is 8.34. The highest BCUT2D eigenvalue weighted by atomic mass is 16.5. The molecule has 1 heterocycles. The topological polar surface area (TPSA) is 57.0 Å². The van der Waals surface area contributed by atoms with Crippen LogP contribution in [0.1, 0.15) is 81.9 Å². The molecule has 21 heavy (non-hydrogen) atoms. The zero-order valence-electron chi connectivity index (χ0n) is 13.7. The van der Waals surface area contributed by atoms with Crippen molar-refractivity contribution >= 4 is 5.97 Å². The molecule has 0 bridgehead atoms. The lowest BCUT2D eigenvalue weighted by atomic mass is 10.1. The Morgan fingerprint density at radius 2 is 1.76 bits per heavy atom. The second-order valence-corrected chi connectivity index (χ2v) is 5.35. The highest BCUT2D eigenvalue weighted by Gasteiger charge is 2.19. The summed E-state index contributed by atoms with van der Waals surface area (Å²) in [4.78, 5) is 11.9. The van der Waals surface area contributed by atoms with Crippen molar-refractivity contribution in [3.63, 3.8) is 0 Å². The van der Waals surface area contributed by atoms with E-state index in [4.69, 9.17) is 4.74 Å². The summed E-state index contributed by atoms with van der Waals surface area (Å²) in [6, 6.07) is 0. The van der Waals surface area contributed by atoms with Crippen LogP contribution >= 0.6 is 0 Å². The molecule has 5 nitrogen and oxygen atoms in total. The minimum Gasteiger partial charge on any atom is -0.461 e. The summed E-state index contributed by atoms with van der Waals surface area (Å²) in [6.45, 7) is 7.33. The Morgan fingerprint density at radius 1 is 1.05 bits per heavy atom. The molecule has 0 unspecified atom stereocenters. The molecule has 0 amide bonds. The smallest absolute Gasteiger partial charge is 0.360 e. The van der Waals surface area contributed by atoms with Crippen molar-refractivity contribution in [2.75, 3.05) is 6.61 Å². The van der Waals surface area contributed by atoms with Crippen LogP contribution in [0.15, 0.2) is 0 Å². The van der Waals surface area contributed by atoms with Gasteiger partial charge in [-0.1, -0.05) is 57.6 Å². The number of unbranched alkanes of at least 4 members (excludes halogenated alkanes) is 5. The van der Waals surface area contributed by atoms with Crippen molar-refractivity contribution in [2.45, 2.75) is 78.7 Å². The number of aromatic nitrogens is 3. The molecule has 0 saturated heterocycles. The average molecular weight is 295 g/mol. The van der Waals surface area contributed by atoms with Gasteiger partial charge in [0.2, 0.25) is 0 Å². The van der Waals surface area contributed by atoms with Gasteiger partial charge >= 0.3 is 5.97 Å². The van der Waals surface area contributed by atoms with Gasteiger partial charge in [0.25, 0.3) is 0 Å². The van der Waals surface area contributed by atoms with E-state index >= 15 is 0 Å². The van der Waals surface area contributed by atoms with Gasteiger partial charge in [0.1, 0.15) is 0 Å². The molecule has 1 aromatic heterocycles. The van der Waals surface area contributed by atoms with E-state index in [0.29, 0.717) is 12.3 Å². The Hall–Kier alpha value is -1.39. The third-order valence-corrected chi connectivity index (χ3v) is 3.52. The van der Waals surface area contributed by atoms with Crippen LogP contribution in [0.2, 0.25) is 0 Å². The molecule has 0 aromatic carbocycles. The number of rotatable bonds is 11. The van der Waals surface area contributed by atoms with Gasteiger partial charge in [-0.15, -0.1) is 5.10 Å². The molecule has 0 N–H and O–H groups in total. The average Bonchev–Trinajstić information content (AvgIpc) is 2.86. The largest absolute Gasteiger partial charge is 0.461 e. The summed E-state index contributed by atoms with van der Waals surface area (Å²) < 4.78 is 6.93. The summed E-state index contributed by atoms with van der Waals surface area (Å²) in [5, 5.41) is 8.16. The highest BCUT2D eigenvalue weighted by Crippen LogP contribution is 2.12. The maximum Gasteiger partial charge on any atom is 0.360 e. The first-order chi connectivity index (χ1) is 10.2. The SMILES string of the molecule is CCCCCCCCn1nnc(C(=O)OCC)c1CCC. The van der Waals surface area contributed by atoms with Crippen LogP contribution in [0.3, 0.4) is 0 Å². The first-order valence-corrected chi connectivity index (χ1v) is 8.34. The van der Waals surface area contributed by atoms with Crippen molar-refractivity contribution in [3.8, 4) is 0 Å². The molecular weight excluding hydrogens is 266 g/mol. The van der Waals surface area contributed by atoms with Gasteiger partial charge in [-0.25, -0.2) is 9.48 Å². The molecule has 0 radical (unpaired) electrons. The van der Waals surface area contributed by atoms with Gasteiger partial charge in [0, 0.05) is 6.54 Å². The van der Waals surface area contributed by atoms with Crippen LogP contribution in [0, 0.1) is 0 Å². The van der Waals surface area contributed by atoms with Crippen LogP contribution < -0.4 is 0 Å². The molecule has 1 rings (SSSR count). The standard InChI is InChI=1S/C16H29N3O2/c1-4-7-8-9-10-11-13-19-14(12-5-2)15(17-18-19)16(20)21-6-3/h4-13H2,1-3H3. The zero-order chi connectivity index (χ0) is 15.5. The van der Waals surface area contributed by atoms with Crippen molar-refractivity contribution < 1.29 is 9.53 Å². The van der Waals surface area contributed by atoms with Crippen molar-refractivity contribution in [3.05, 3.63) is 11.4 Å². The quantitative estimate of drug-likeness (QED) is 0.460. The van der Waals surface area contributed by atoms with Gasteiger partial charge < -0.3 is 4.74 Å². The second-order valence-electron chi connectivity index (χ2n) is 5.35. The number of hydrogen-bond donors (Lipinski definition) is 0. The van der Waals surface area contributed by atoms with Gasteiger partial charge in [-0.3, -0.25) is 0 Å². The van der Waals surface area contributed by atoms with Crippen LogP contribution in [0.5, 0.6) is 0 Å². The van der Waals surface area contributed by atoms with E-state index in [0.717, 1.165) is 31.5 Å². The lowest BCUT2D eigenvalue weighted by Crippen LogP contribution is -2.11. The monoisotopic (exact) mass is 295 g/mol. The predicted octanol–water partition coefficient (Wildman–Crippen LogP) is 3.77. The first kappa shape index (κ1) is 17.7. The molecule has 0 atom stereocenters. The predicted molar refractivity (Wildman–Crippen MR) is 83.3 cm³/mol. The fourth-order valence-corrected chi connectivity index (χ4v) is 2.40. The summed E-state index contributed by atoms with van der Waals surface area (Å²) in [5.74, 6) is -0.352. The van der Waals surface area contributed by atoms with Crippen molar-refractivity contribution in [2.24, 2.45) is 0 Å². The number of nitrogens with zero attached hydrogens (tertiary/aromatic N) is 3. The second kappa shape index (κ2) is 10.4. The van der Waals surface area contributed by atoms with Crippen LogP contribution in [0.4, 0.5) is 0 Å². The molecular formula is C16H29N3O2. The number of ether oxygens (including phenoxy) is 1. The summed E-state index contributed by atoms with van der Waals surface area (Å²) in [7, 11) is 0. The van der Waals surface area contributed by atoms with E-state index in [1.807, 2.05) is 4.68 Å². The highest BCUT2D eigenvalue weighted by molar-refractivity contribution is 5.88. The van der Waals surface area contributed by atoms with Gasteiger partial charge in [-0.05, 0) is 19.8 Å². The summed E-state index contributed by atoms with van der Waals surface area (Å²) in [6.07, 6.45) is 9.25. The maximum absolute atomic E-state index is 11.9. The van der Waals surface area contributed by atoms with E-state index in [2.05, 4.69) is 24.2 Å². The molecule has 0 saturated carbocycles. The number of carbonyl (C=O) groups is 1. The molecule has 0 fully saturated rings. The van der Waals surface area contributed by atoms with Crippen molar-refractivity contribution in [1.82, 2.24) is 15.0 Å². The Labute approximate surface area is 128 Å². The van der Waals surface area contributed by atoms with Crippen LogP contribution in [-0.4, -0.2) is 27.6 Å². The molecule has 5 heteroatoms.